The number of hydrogen-bond donors (Lipinski definition) is 0. The molecule has 0 saturated heterocycles. The number of rotatable bonds is 4. The Kier molecular flexibility index (Phi) is 6.07. The Bertz CT molecular complexity index is 769. The third kappa shape index (κ3) is 5.11. The first-order valence-electron chi connectivity index (χ1n) is 7.17. The van der Waals surface area contributed by atoms with Gasteiger partial charge in [0.05, 0.1) is 0 Å². The van der Waals surface area contributed by atoms with Gasteiger partial charge in [-0.05, 0) is 67.1 Å². The molecule has 0 unspecified atom stereocenters. The predicted molar refractivity (Wildman–Crippen MR) is 107 cm³/mol. The Hall–Kier alpha value is -0.770. The maximum absolute atomic E-state index is 6.14. The van der Waals surface area contributed by atoms with Gasteiger partial charge in [-0.2, -0.15) is 0 Å². The van der Waals surface area contributed by atoms with E-state index in [0.29, 0.717) is 10.0 Å². The monoisotopic (exact) mass is 410 g/mol. The van der Waals surface area contributed by atoms with Gasteiger partial charge in [0, 0.05) is 34.6 Å². The number of hydrogen-bond acceptors (Lipinski definition) is 2. The zero-order chi connectivity index (χ0) is 17.1. The van der Waals surface area contributed by atoms with Crippen molar-refractivity contribution in [2.45, 2.75) is 26.5 Å². The van der Waals surface area contributed by atoms with Crippen molar-refractivity contribution >= 4 is 58.3 Å². The molecule has 0 N–H and O–H groups in total. The van der Waals surface area contributed by atoms with Crippen molar-refractivity contribution in [1.82, 2.24) is 0 Å². The van der Waals surface area contributed by atoms with Gasteiger partial charge in [0.2, 0.25) is 0 Å². The Morgan fingerprint density at radius 2 is 1.08 bits per heavy atom. The van der Waals surface area contributed by atoms with Crippen molar-refractivity contribution in [3.8, 4) is 0 Å². The maximum Gasteiger partial charge on any atom is 0.0432 e. The highest BCUT2D eigenvalue weighted by Crippen LogP contribution is 2.36. The summed E-state index contributed by atoms with van der Waals surface area (Å²) in [4.78, 5) is 4.45. The van der Waals surface area contributed by atoms with E-state index in [2.05, 4.69) is 24.3 Å². The summed E-state index contributed by atoms with van der Waals surface area (Å²) < 4.78 is 0. The van der Waals surface area contributed by atoms with Crippen LogP contribution >= 0.6 is 58.3 Å². The van der Waals surface area contributed by atoms with E-state index in [9.17, 15) is 0 Å². The standard InChI is InChI=1S/C19H13Cl3S2/c1-12-5-13(20)8-18(6-12)23-16-3-2-4-17(11-16)24-19-9-14(21)7-15(22)10-19/h2-11H,1H3. The molecule has 3 aromatic carbocycles. The molecule has 0 aliphatic carbocycles. The van der Waals surface area contributed by atoms with E-state index in [0.717, 1.165) is 30.2 Å². The molecule has 0 spiro atoms. The van der Waals surface area contributed by atoms with Crippen molar-refractivity contribution in [2.75, 3.05) is 0 Å². The average Bonchev–Trinajstić information content (AvgIpc) is 2.45. The van der Waals surface area contributed by atoms with Gasteiger partial charge in [0.15, 0.2) is 0 Å². The van der Waals surface area contributed by atoms with E-state index in [1.54, 1.807) is 29.6 Å². The number of benzene rings is 3. The van der Waals surface area contributed by atoms with Crippen LogP contribution in [0, 0.1) is 6.92 Å². The minimum Gasteiger partial charge on any atom is -0.0900 e. The van der Waals surface area contributed by atoms with Gasteiger partial charge in [0.1, 0.15) is 0 Å². The quantitative estimate of drug-likeness (QED) is 0.423. The molecule has 0 saturated carbocycles. The summed E-state index contributed by atoms with van der Waals surface area (Å²) in [6.45, 7) is 2.05. The van der Waals surface area contributed by atoms with Crippen LogP contribution in [0.15, 0.2) is 80.2 Å². The lowest BCUT2D eigenvalue weighted by Crippen LogP contribution is -1.79. The van der Waals surface area contributed by atoms with E-state index >= 15 is 0 Å². The van der Waals surface area contributed by atoms with Crippen LogP contribution in [0.3, 0.4) is 0 Å². The third-order valence-electron chi connectivity index (χ3n) is 3.13. The van der Waals surface area contributed by atoms with E-state index in [4.69, 9.17) is 34.8 Å². The van der Waals surface area contributed by atoms with Crippen LogP contribution < -0.4 is 0 Å². The Morgan fingerprint density at radius 3 is 1.62 bits per heavy atom. The molecule has 0 amide bonds. The molecule has 5 heteroatoms. The van der Waals surface area contributed by atoms with Crippen molar-refractivity contribution in [3.63, 3.8) is 0 Å². The molecule has 24 heavy (non-hydrogen) atoms. The second-order valence-corrected chi connectivity index (χ2v) is 8.85. The lowest BCUT2D eigenvalue weighted by atomic mass is 10.2. The Balaban J connectivity index is 1.81. The number of halogens is 3. The zero-order valence-corrected chi connectivity index (χ0v) is 16.6. The molecular formula is C19H13Cl3S2. The number of aryl methyl sites for hydroxylation is 1. The average molecular weight is 412 g/mol. The highest BCUT2D eigenvalue weighted by molar-refractivity contribution is 8.00. The molecule has 0 atom stereocenters. The van der Waals surface area contributed by atoms with Crippen LogP contribution in [0.1, 0.15) is 5.56 Å². The maximum atomic E-state index is 6.14. The summed E-state index contributed by atoms with van der Waals surface area (Å²) >= 11 is 21.6. The molecule has 0 radical (unpaired) electrons. The van der Waals surface area contributed by atoms with E-state index in [1.807, 2.05) is 37.3 Å². The van der Waals surface area contributed by atoms with Gasteiger partial charge in [-0.15, -0.1) is 0 Å². The van der Waals surface area contributed by atoms with E-state index in [1.165, 1.54) is 0 Å². The highest BCUT2D eigenvalue weighted by atomic mass is 35.5. The Labute approximate surface area is 165 Å². The topological polar surface area (TPSA) is 0 Å². The molecule has 0 bridgehead atoms. The smallest absolute Gasteiger partial charge is 0.0432 e. The predicted octanol–water partition coefficient (Wildman–Crippen LogP) is 8.26. The second-order valence-electron chi connectivity index (χ2n) is 5.25. The zero-order valence-electron chi connectivity index (χ0n) is 12.7. The lowest BCUT2D eigenvalue weighted by molar-refractivity contribution is 1.30. The molecule has 3 rings (SSSR count). The van der Waals surface area contributed by atoms with E-state index in [-0.39, 0.29) is 0 Å². The normalized spacial score (nSPS) is 10.8. The summed E-state index contributed by atoms with van der Waals surface area (Å²) in [6.07, 6.45) is 0. The van der Waals surface area contributed by atoms with Crippen molar-refractivity contribution in [3.05, 3.63) is 81.3 Å². The molecule has 0 fully saturated rings. The first kappa shape index (κ1) is 18.0. The minimum atomic E-state index is 0.643. The molecule has 3 aromatic rings. The van der Waals surface area contributed by atoms with Crippen molar-refractivity contribution in [2.24, 2.45) is 0 Å². The minimum absolute atomic E-state index is 0.643. The third-order valence-corrected chi connectivity index (χ3v) is 5.71. The van der Waals surface area contributed by atoms with Crippen LogP contribution in [0.4, 0.5) is 0 Å². The second kappa shape index (κ2) is 8.07. The van der Waals surface area contributed by atoms with Gasteiger partial charge in [-0.3, -0.25) is 0 Å². The summed E-state index contributed by atoms with van der Waals surface area (Å²) in [6, 6.07) is 20.0. The fourth-order valence-corrected chi connectivity index (χ4v) is 5.32. The summed E-state index contributed by atoms with van der Waals surface area (Å²) in [7, 11) is 0. The molecule has 0 nitrogen and oxygen atoms in total. The van der Waals surface area contributed by atoms with Crippen molar-refractivity contribution < 1.29 is 0 Å². The fourth-order valence-electron chi connectivity index (χ4n) is 2.22. The van der Waals surface area contributed by atoms with Gasteiger partial charge in [-0.1, -0.05) is 64.4 Å². The van der Waals surface area contributed by atoms with Gasteiger partial charge >= 0.3 is 0 Å². The molecule has 0 heterocycles. The van der Waals surface area contributed by atoms with Gasteiger partial charge in [-0.25, -0.2) is 0 Å². The van der Waals surface area contributed by atoms with Crippen LogP contribution in [0.25, 0.3) is 0 Å². The summed E-state index contributed by atoms with van der Waals surface area (Å²) in [5.74, 6) is 0. The van der Waals surface area contributed by atoms with Crippen molar-refractivity contribution in [1.29, 1.82) is 0 Å². The van der Waals surface area contributed by atoms with Crippen LogP contribution in [-0.4, -0.2) is 0 Å². The summed E-state index contributed by atoms with van der Waals surface area (Å²) in [5, 5.41) is 2.05. The first-order valence-corrected chi connectivity index (χ1v) is 9.94. The van der Waals surface area contributed by atoms with Crippen LogP contribution in [0.2, 0.25) is 15.1 Å². The molecular weight excluding hydrogens is 399 g/mol. The highest BCUT2D eigenvalue weighted by Gasteiger charge is 2.04. The van der Waals surface area contributed by atoms with Crippen LogP contribution in [-0.2, 0) is 0 Å². The van der Waals surface area contributed by atoms with Gasteiger partial charge < -0.3 is 0 Å². The van der Waals surface area contributed by atoms with E-state index < -0.39 is 0 Å². The Morgan fingerprint density at radius 1 is 0.583 bits per heavy atom. The SMILES string of the molecule is Cc1cc(Cl)cc(Sc2cccc(Sc3cc(Cl)cc(Cl)c3)c2)c1. The first-order chi connectivity index (χ1) is 11.5. The molecule has 0 aliphatic rings. The molecule has 122 valence electrons. The largest absolute Gasteiger partial charge is 0.0900 e. The van der Waals surface area contributed by atoms with Gasteiger partial charge in [0.25, 0.3) is 0 Å². The molecule has 0 aliphatic heterocycles. The van der Waals surface area contributed by atoms with Crippen LogP contribution in [0.5, 0.6) is 0 Å². The summed E-state index contributed by atoms with van der Waals surface area (Å²) in [5.41, 5.74) is 1.16. The lowest BCUT2D eigenvalue weighted by Gasteiger charge is -2.07. The fraction of sp³-hybridized carbons (Fsp3) is 0.0526. The molecule has 0 aromatic heterocycles.